The van der Waals surface area contributed by atoms with Gasteiger partial charge < -0.3 is 10.4 Å². The minimum absolute atomic E-state index is 0.0186. The van der Waals surface area contributed by atoms with Gasteiger partial charge in [0.15, 0.2) is 0 Å². The predicted octanol–water partition coefficient (Wildman–Crippen LogP) is 0.498. The molecule has 0 aromatic heterocycles. The van der Waals surface area contributed by atoms with Crippen LogP contribution in [0.25, 0.3) is 0 Å². The third kappa shape index (κ3) is 4.83. The van der Waals surface area contributed by atoms with Gasteiger partial charge in [0.05, 0.1) is 10.5 Å². The number of aryl methyl sites for hydroxylation is 1. The fourth-order valence-corrected chi connectivity index (χ4v) is 2.72. The SMILES string of the molecule is CCNC(=O)CCNS(=O)(=O)c1ccc(C)c(C(=O)O)c1. The molecule has 0 radical (unpaired) electrons. The summed E-state index contributed by atoms with van der Waals surface area (Å²) in [6.45, 7) is 3.78. The van der Waals surface area contributed by atoms with Gasteiger partial charge in [-0.25, -0.2) is 17.9 Å². The molecule has 0 saturated heterocycles. The van der Waals surface area contributed by atoms with Crippen LogP contribution in [0.1, 0.15) is 29.3 Å². The van der Waals surface area contributed by atoms with Crippen molar-refractivity contribution in [3.05, 3.63) is 29.3 Å². The number of hydrogen-bond acceptors (Lipinski definition) is 4. The normalized spacial score (nSPS) is 11.1. The molecule has 0 aliphatic rings. The summed E-state index contributed by atoms with van der Waals surface area (Å²) in [5.74, 6) is -1.44. The molecule has 0 bridgehead atoms. The second-order valence-electron chi connectivity index (χ2n) is 4.38. The van der Waals surface area contributed by atoms with Crippen LogP contribution in [0.5, 0.6) is 0 Å². The van der Waals surface area contributed by atoms with E-state index in [-0.39, 0.29) is 29.3 Å². The van der Waals surface area contributed by atoms with Crippen molar-refractivity contribution < 1.29 is 23.1 Å². The van der Waals surface area contributed by atoms with Crippen molar-refractivity contribution in [2.45, 2.75) is 25.2 Å². The number of carbonyl (C=O) groups excluding carboxylic acids is 1. The van der Waals surface area contributed by atoms with E-state index in [1.54, 1.807) is 13.8 Å². The van der Waals surface area contributed by atoms with Gasteiger partial charge in [0, 0.05) is 19.5 Å². The van der Waals surface area contributed by atoms with Gasteiger partial charge in [-0.15, -0.1) is 0 Å². The summed E-state index contributed by atoms with van der Waals surface area (Å²) in [5, 5.41) is 11.5. The standard InChI is InChI=1S/C13H18N2O5S/c1-3-14-12(16)6-7-15-21(19,20)10-5-4-9(2)11(8-10)13(17)18/h4-5,8,15H,3,6-7H2,1-2H3,(H,14,16)(H,17,18). The summed E-state index contributed by atoms with van der Waals surface area (Å²) in [5.41, 5.74) is 0.408. The number of amides is 1. The van der Waals surface area contributed by atoms with Gasteiger partial charge >= 0.3 is 5.97 Å². The molecule has 116 valence electrons. The molecule has 1 amide bonds. The third-order valence-electron chi connectivity index (χ3n) is 2.77. The average Bonchev–Trinajstić information content (AvgIpc) is 2.38. The molecule has 0 heterocycles. The van der Waals surface area contributed by atoms with Crippen LogP contribution in [0.4, 0.5) is 0 Å². The topological polar surface area (TPSA) is 113 Å². The van der Waals surface area contributed by atoms with E-state index in [0.717, 1.165) is 6.07 Å². The van der Waals surface area contributed by atoms with E-state index in [2.05, 4.69) is 10.0 Å². The van der Waals surface area contributed by atoms with Crippen LogP contribution in [0.3, 0.4) is 0 Å². The van der Waals surface area contributed by atoms with Gasteiger partial charge in [0.25, 0.3) is 0 Å². The molecular formula is C13H18N2O5S. The Bertz CT molecular complexity index is 640. The Morgan fingerprint density at radius 3 is 2.52 bits per heavy atom. The lowest BCUT2D eigenvalue weighted by molar-refractivity contribution is -0.120. The first-order valence-corrected chi connectivity index (χ1v) is 7.86. The Hall–Kier alpha value is -1.93. The minimum atomic E-state index is -3.84. The number of sulfonamides is 1. The molecule has 0 atom stereocenters. The Morgan fingerprint density at radius 2 is 1.95 bits per heavy atom. The van der Waals surface area contributed by atoms with E-state index in [0.29, 0.717) is 12.1 Å². The molecule has 21 heavy (non-hydrogen) atoms. The van der Waals surface area contributed by atoms with Gasteiger partial charge in [-0.1, -0.05) is 6.07 Å². The molecule has 3 N–H and O–H groups in total. The van der Waals surface area contributed by atoms with Crippen molar-refractivity contribution in [3.63, 3.8) is 0 Å². The number of rotatable bonds is 7. The van der Waals surface area contributed by atoms with E-state index in [1.165, 1.54) is 12.1 Å². The Morgan fingerprint density at radius 1 is 1.29 bits per heavy atom. The first kappa shape index (κ1) is 17.1. The summed E-state index contributed by atoms with van der Waals surface area (Å²) in [4.78, 5) is 22.1. The number of aromatic carboxylic acids is 1. The Balaban J connectivity index is 2.81. The quantitative estimate of drug-likeness (QED) is 0.678. The fraction of sp³-hybridized carbons (Fsp3) is 0.385. The summed E-state index contributed by atoms with van der Waals surface area (Å²) in [7, 11) is -3.84. The maximum absolute atomic E-state index is 12.0. The van der Waals surface area contributed by atoms with Crippen molar-refractivity contribution in [1.29, 1.82) is 0 Å². The van der Waals surface area contributed by atoms with Gasteiger partial charge in [0.2, 0.25) is 15.9 Å². The molecule has 0 saturated carbocycles. The minimum Gasteiger partial charge on any atom is -0.478 e. The van der Waals surface area contributed by atoms with Crippen molar-refractivity contribution >= 4 is 21.9 Å². The van der Waals surface area contributed by atoms with Crippen molar-refractivity contribution in [2.24, 2.45) is 0 Å². The highest BCUT2D eigenvalue weighted by Gasteiger charge is 2.17. The third-order valence-corrected chi connectivity index (χ3v) is 4.23. The van der Waals surface area contributed by atoms with Crippen LogP contribution < -0.4 is 10.0 Å². The van der Waals surface area contributed by atoms with Gasteiger partial charge in [-0.2, -0.15) is 0 Å². The molecule has 0 unspecified atom stereocenters. The maximum Gasteiger partial charge on any atom is 0.335 e. The zero-order valence-electron chi connectivity index (χ0n) is 11.8. The number of nitrogens with one attached hydrogen (secondary N) is 2. The highest BCUT2D eigenvalue weighted by molar-refractivity contribution is 7.89. The predicted molar refractivity (Wildman–Crippen MR) is 76.6 cm³/mol. The number of hydrogen-bond donors (Lipinski definition) is 3. The summed E-state index contributed by atoms with van der Waals surface area (Å²) in [6, 6.07) is 3.87. The van der Waals surface area contributed by atoms with E-state index in [1.807, 2.05) is 0 Å². The zero-order chi connectivity index (χ0) is 16.0. The first-order chi connectivity index (χ1) is 9.77. The molecule has 1 rings (SSSR count). The van der Waals surface area contributed by atoms with E-state index >= 15 is 0 Å². The smallest absolute Gasteiger partial charge is 0.335 e. The second-order valence-corrected chi connectivity index (χ2v) is 6.15. The van der Waals surface area contributed by atoms with Gasteiger partial charge in [-0.05, 0) is 31.5 Å². The molecule has 0 aliphatic heterocycles. The Labute approximate surface area is 123 Å². The largest absolute Gasteiger partial charge is 0.478 e. The average molecular weight is 314 g/mol. The number of carboxylic acid groups (broad SMARTS) is 1. The molecule has 0 spiro atoms. The lowest BCUT2D eigenvalue weighted by Gasteiger charge is -2.08. The fourth-order valence-electron chi connectivity index (χ4n) is 1.67. The molecule has 7 nitrogen and oxygen atoms in total. The molecular weight excluding hydrogens is 296 g/mol. The number of carboxylic acids is 1. The highest BCUT2D eigenvalue weighted by atomic mass is 32.2. The zero-order valence-corrected chi connectivity index (χ0v) is 12.7. The molecule has 8 heteroatoms. The summed E-state index contributed by atoms with van der Waals surface area (Å²) >= 11 is 0. The van der Waals surface area contributed by atoms with Crippen molar-refractivity contribution in [3.8, 4) is 0 Å². The van der Waals surface area contributed by atoms with Gasteiger partial charge in [-0.3, -0.25) is 4.79 Å². The van der Waals surface area contributed by atoms with Crippen molar-refractivity contribution in [1.82, 2.24) is 10.0 Å². The second kappa shape index (κ2) is 7.19. The molecule has 0 fully saturated rings. The Kier molecular flexibility index (Phi) is 5.86. The molecule has 1 aromatic rings. The van der Waals surface area contributed by atoms with Crippen LogP contribution >= 0.6 is 0 Å². The van der Waals surface area contributed by atoms with Crippen LogP contribution in [-0.4, -0.2) is 38.5 Å². The summed E-state index contributed by atoms with van der Waals surface area (Å²) in [6.07, 6.45) is 0.0186. The summed E-state index contributed by atoms with van der Waals surface area (Å²) < 4.78 is 26.3. The van der Waals surface area contributed by atoms with Crippen LogP contribution in [0.15, 0.2) is 23.1 Å². The highest BCUT2D eigenvalue weighted by Crippen LogP contribution is 2.15. The van der Waals surface area contributed by atoms with E-state index in [9.17, 15) is 18.0 Å². The van der Waals surface area contributed by atoms with Crippen LogP contribution in [0, 0.1) is 6.92 Å². The number of carbonyl (C=O) groups is 2. The van der Waals surface area contributed by atoms with E-state index < -0.39 is 16.0 Å². The monoisotopic (exact) mass is 314 g/mol. The lowest BCUT2D eigenvalue weighted by atomic mass is 10.1. The first-order valence-electron chi connectivity index (χ1n) is 6.38. The van der Waals surface area contributed by atoms with Crippen molar-refractivity contribution in [2.75, 3.05) is 13.1 Å². The van der Waals surface area contributed by atoms with Crippen LogP contribution in [0.2, 0.25) is 0 Å². The van der Waals surface area contributed by atoms with Gasteiger partial charge in [0.1, 0.15) is 0 Å². The maximum atomic E-state index is 12.0. The molecule has 0 aliphatic carbocycles. The van der Waals surface area contributed by atoms with E-state index in [4.69, 9.17) is 5.11 Å². The van der Waals surface area contributed by atoms with Crippen LogP contribution in [-0.2, 0) is 14.8 Å². The molecule has 1 aromatic carbocycles. The number of benzene rings is 1. The lowest BCUT2D eigenvalue weighted by Crippen LogP contribution is -2.30.